The summed E-state index contributed by atoms with van der Waals surface area (Å²) in [5, 5.41) is 6.31. The number of nitrogens with zero attached hydrogens (tertiary/aromatic N) is 5. The maximum absolute atomic E-state index is 5.09. The van der Waals surface area contributed by atoms with Crippen LogP contribution in [0.2, 0.25) is 0 Å². The summed E-state index contributed by atoms with van der Waals surface area (Å²) in [6.45, 7) is 4.56. The van der Waals surface area contributed by atoms with Crippen molar-refractivity contribution < 1.29 is 4.74 Å². The first-order valence-electron chi connectivity index (χ1n) is 7.05. The fourth-order valence-corrected chi connectivity index (χ4v) is 1.72. The topological polar surface area (TPSA) is 89.8 Å². The molecular weight excluding hydrogens is 270 g/mol. The Kier molecular flexibility index (Phi) is 5.74. The summed E-state index contributed by atoms with van der Waals surface area (Å²) in [7, 11) is 1.54. The van der Waals surface area contributed by atoms with Gasteiger partial charge in [0.1, 0.15) is 0 Å². The van der Waals surface area contributed by atoms with Gasteiger partial charge in [-0.25, -0.2) is 4.98 Å². The third kappa shape index (κ3) is 4.90. The zero-order valence-electron chi connectivity index (χ0n) is 12.4. The molecule has 2 aromatic heterocycles. The van der Waals surface area contributed by atoms with Gasteiger partial charge in [-0.05, 0) is 12.8 Å². The van der Waals surface area contributed by atoms with Crippen LogP contribution in [0.1, 0.15) is 19.8 Å². The summed E-state index contributed by atoms with van der Waals surface area (Å²) < 4.78 is 7.12. The van der Waals surface area contributed by atoms with Crippen LogP contribution in [0, 0.1) is 0 Å². The molecule has 21 heavy (non-hydrogen) atoms. The molecule has 0 fully saturated rings. The van der Waals surface area contributed by atoms with Gasteiger partial charge >= 0.3 is 6.01 Å². The standard InChI is InChI=1S/C13H21N7O/c1-3-5-15-11-17-12(19-13(18-11)21-2)16-6-4-8-20-9-7-14-10-20/h7,9-10H,3-6,8H2,1-2H3,(H2,15,16,17,18,19). The lowest BCUT2D eigenvalue weighted by Crippen LogP contribution is -2.12. The van der Waals surface area contributed by atoms with Crippen molar-refractivity contribution in [2.24, 2.45) is 0 Å². The number of nitrogens with one attached hydrogen (secondary N) is 2. The smallest absolute Gasteiger partial charge is 0.322 e. The van der Waals surface area contributed by atoms with Crippen molar-refractivity contribution in [3.8, 4) is 6.01 Å². The number of hydrogen-bond donors (Lipinski definition) is 2. The average molecular weight is 291 g/mol. The number of aryl methyl sites for hydroxylation is 1. The van der Waals surface area contributed by atoms with E-state index in [-0.39, 0.29) is 0 Å². The number of ether oxygens (including phenoxy) is 1. The molecule has 0 aliphatic carbocycles. The van der Waals surface area contributed by atoms with Crippen LogP contribution in [0.5, 0.6) is 6.01 Å². The monoisotopic (exact) mass is 291 g/mol. The molecule has 0 spiro atoms. The Bertz CT molecular complexity index is 529. The molecule has 0 saturated heterocycles. The molecule has 0 aliphatic rings. The van der Waals surface area contributed by atoms with Gasteiger partial charge in [0.15, 0.2) is 0 Å². The molecule has 0 unspecified atom stereocenters. The molecule has 0 amide bonds. The Labute approximate surface area is 124 Å². The molecule has 0 radical (unpaired) electrons. The van der Waals surface area contributed by atoms with Gasteiger partial charge in [0.05, 0.1) is 13.4 Å². The molecule has 2 N–H and O–H groups in total. The zero-order valence-corrected chi connectivity index (χ0v) is 12.4. The minimum absolute atomic E-state index is 0.306. The number of anilines is 2. The fraction of sp³-hybridized carbons (Fsp3) is 0.538. The highest BCUT2D eigenvalue weighted by molar-refractivity contribution is 5.35. The van der Waals surface area contributed by atoms with Gasteiger partial charge < -0.3 is 19.9 Å². The summed E-state index contributed by atoms with van der Waals surface area (Å²) in [5.74, 6) is 1.05. The lowest BCUT2D eigenvalue weighted by Gasteiger charge is -2.09. The minimum Gasteiger partial charge on any atom is -0.467 e. The molecule has 114 valence electrons. The molecule has 8 heteroatoms. The summed E-state index contributed by atoms with van der Waals surface area (Å²) in [6.07, 6.45) is 7.47. The van der Waals surface area contributed by atoms with E-state index in [9.17, 15) is 0 Å². The van der Waals surface area contributed by atoms with Crippen LogP contribution in [0.15, 0.2) is 18.7 Å². The van der Waals surface area contributed by atoms with Gasteiger partial charge in [0.2, 0.25) is 11.9 Å². The second-order valence-corrected chi connectivity index (χ2v) is 4.48. The molecule has 8 nitrogen and oxygen atoms in total. The molecular formula is C13H21N7O. The van der Waals surface area contributed by atoms with Crippen LogP contribution in [-0.2, 0) is 6.54 Å². The second kappa shape index (κ2) is 8.03. The zero-order chi connectivity index (χ0) is 14.9. The molecule has 2 rings (SSSR count). The highest BCUT2D eigenvalue weighted by Crippen LogP contribution is 2.10. The number of methoxy groups -OCH3 is 1. The van der Waals surface area contributed by atoms with Gasteiger partial charge in [0, 0.05) is 32.0 Å². The summed E-state index contributed by atoms with van der Waals surface area (Å²) in [4.78, 5) is 16.6. The van der Waals surface area contributed by atoms with Gasteiger partial charge in [0.25, 0.3) is 0 Å². The number of aromatic nitrogens is 5. The molecule has 2 heterocycles. The SMILES string of the molecule is CCCNc1nc(NCCCn2ccnc2)nc(OC)n1. The quantitative estimate of drug-likeness (QED) is 0.675. The van der Waals surface area contributed by atoms with Crippen molar-refractivity contribution in [3.63, 3.8) is 0 Å². The Morgan fingerprint density at radius 3 is 2.52 bits per heavy atom. The van der Waals surface area contributed by atoms with Gasteiger partial charge in [-0.3, -0.25) is 0 Å². The first-order chi connectivity index (χ1) is 10.3. The van der Waals surface area contributed by atoms with E-state index in [0.717, 1.165) is 32.5 Å². The van der Waals surface area contributed by atoms with E-state index in [2.05, 4.69) is 37.5 Å². The van der Waals surface area contributed by atoms with E-state index < -0.39 is 0 Å². The van der Waals surface area contributed by atoms with Crippen molar-refractivity contribution in [1.82, 2.24) is 24.5 Å². The highest BCUT2D eigenvalue weighted by Gasteiger charge is 2.05. The molecule has 0 bridgehead atoms. The summed E-state index contributed by atoms with van der Waals surface area (Å²) in [6, 6.07) is 0.306. The van der Waals surface area contributed by atoms with E-state index in [4.69, 9.17) is 4.74 Å². The molecule has 0 aromatic carbocycles. The first-order valence-corrected chi connectivity index (χ1v) is 7.05. The lowest BCUT2D eigenvalue weighted by molar-refractivity contribution is 0.379. The lowest BCUT2D eigenvalue weighted by atomic mass is 10.4. The molecule has 2 aromatic rings. The van der Waals surface area contributed by atoms with E-state index in [1.165, 1.54) is 0 Å². The molecule has 0 atom stereocenters. The largest absolute Gasteiger partial charge is 0.467 e. The fourth-order valence-electron chi connectivity index (χ4n) is 1.72. The van der Waals surface area contributed by atoms with Crippen molar-refractivity contribution in [2.45, 2.75) is 26.3 Å². The average Bonchev–Trinajstić information content (AvgIpc) is 3.02. The van der Waals surface area contributed by atoms with Crippen LogP contribution < -0.4 is 15.4 Å². The Hall–Kier alpha value is -2.38. The van der Waals surface area contributed by atoms with E-state index in [1.54, 1.807) is 19.6 Å². The predicted molar refractivity (Wildman–Crippen MR) is 80.5 cm³/mol. The summed E-state index contributed by atoms with van der Waals surface area (Å²) >= 11 is 0. The summed E-state index contributed by atoms with van der Waals surface area (Å²) in [5.41, 5.74) is 0. The Morgan fingerprint density at radius 1 is 1.14 bits per heavy atom. The number of rotatable bonds is 9. The second-order valence-electron chi connectivity index (χ2n) is 4.48. The van der Waals surface area contributed by atoms with E-state index in [1.807, 2.05) is 10.8 Å². The third-order valence-electron chi connectivity index (χ3n) is 2.77. The van der Waals surface area contributed by atoms with Crippen LogP contribution in [0.4, 0.5) is 11.9 Å². The maximum Gasteiger partial charge on any atom is 0.322 e. The normalized spacial score (nSPS) is 10.4. The van der Waals surface area contributed by atoms with E-state index in [0.29, 0.717) is 17.9 Å². The van der Waals surface area contributed by atoms with Crippen LogP contribution in [0.3, 0.4) is 0 Å². The van der Waals surface area contributed by atoms with Crippen LogP contribution in [0.25, 0.3) is 0 Å². The molecule has 0 aliphatic heterocycles. The van der Waals surface area contributed by atoms with Gasteiger partial charge in [-0.1, -0.05) is 6.92 Å². The highest BCUT2D eigenvalue weighted by atomic mass is 16.5. The van der Waals surface area contributed by atoms with Gasteiger partial charge in [-0.2, -0.15) is 15.0 Å². The minimum atomic E-state index is 0.306. The predicted octanol–water partition coefficient (Wildman–Crippen LogP) is 1.40. The molecule has 0 saturated carbocycles. The van der Waals surface area contributed by atoms with Crippen molar-refractivity contribution in [1.29, 1.82) is 0 Å². The van der Waals surface area contributed by atoms with Crippen molar-refractivity contribution >= 4 is 11.9 Å². The number of hydrogen-bond acceptors (Lipinski definition) is 7. The third-order valence-corrected chi connectivity index (χ3v) is 2.77. The Morgan fingerprint density at radius 2 is 1.90 bits per heavy atom. The van der Waals surface area contributed by atoms with Crippen LogP contribution >= 0.6 is 0 Å². The first kappa shape index (κ1) is 15.0. The Balaban J connectivity index is 1.85. The van der Waals surface area contributed by atoms with Gasteiger partial charge in [-0.15, -0.1) is 0 Å². The number of imidazole rings is 1. The van der Waals surface area contributed by atoms with Crippen LogP contribution in [-0.4, -0.2) is 44.7 Å². The maximum atomic E-state index is 5.09. The van der Waals surface area contributed by atoms with Crippen molar-refractivity contribution in [2.75, 3.05) is 30.8 Å². The van der Waals surface area contributed by atoms with E-state index >= 15 is 0 Å². The van der Waals surface area contributed by atoms with Crippen molar-refractivity contribution in [3.05, 3.63) is 18.7 Å².